The SMILES string of the molecule is CC(C)C[C@@H](NC(=O)[C@@H](CCCc1ccccc1)NC(=O)CN1CCOCC1)C(=O)N[C@@H](Cc1ccccc1)C(=O)N[C@H](CC(C)C)C(=O)[C@@]1(C)CO1. The Hall–Kier alpha value is -4.13. The molecule has 2 aromatic rings. The molecule has 2 aromatic carbocycles. The fourth-order valence-electron chi connectivity index (χ4n) is 6.53. The van der Waals surface area contributed by atoms with Gasteiger partial charge in [0.15, 0.2) is 5.78 Å². The Bertz CT molecular complexity index is 1490. The molecule has 53 heavy (non-hydrogen) atoms. The third kappa shape index (κ3) is 14.0. The second-order valence-electron chi connectivity index (χ2n) is 15.4. The summed E-state index contributed by atoms with van der Waals surface area (Å²) in [5, 5.41) is 11.7. The average molecular weight is 734 g/mol. The van der Waals surface area contributed by atoms with Crippen molar-refractivity contribution in [2.24, 2.45) is 11.8 Å². The molecule has 2 aliphatic heterocycles. The fraction of sp³-hybridized carbons (Fsp3) is 0.585. The molecule has 12 nitrogen and oxygen atoms in total. The van der Waals surface area contributed by atoms with Crippen LogP contribution in [0.1, 0.15) is 71.4 Å². The van der Waals surface area contributed by atoms with Crippen molar-refractivity contribution in [2.45, 2.75) is 103 Å². The molecule has 0 spiro atoms. The van der Waals surface area contributed by atoms with Crippen molar-refractivity contribution in [3.05, 3.63) is 71.8 Å². The van der Waals surface area contributed by atoms with E-state index in [1.54, 1.807) is 6.92 Å². The first-order chi connectivity index (χ1) is 25.3. The predicted octanol–water partition coefficient (Wildman–Crippen LogP) is 2.97. The molecule has 12 heteroatoms. The van der Waals surface area contributed by atoms with Gasteiger partial charge in [-0.1, -0.05) is 88.4 Å². The number of morpholine rings is 1. The second-order valence-corrected chi connectivity index (χ2v) is 15.4. The lowest BCUT2D eigenvalue weighted by Gasteiger charge is -2.29. The molecule has 2 saturated heterocycles. The van der Waals surface area contributed by atoms with Gasteiger partial charge < -0.3 is 30.7 Å². The van der Waals surface area contributed by atoms with E-state index in [0.29, 0.717) is 58.6 Å². The van der Waals surface area contributed by atoms with Crippen LogP contribution in [0.25, 0.3) is 0 Å². The maximum absolute atomic E-state index is 14.1. The number of amides is 4. The van der Waals surface area contributed by atoms with E-state index in [-0.39, 0.29) is 36.5 Å². The van der Waals surface area contributed by atoms with Crippen molar-refractivity contribution < 1.29 is 33.4 Å². The molecule has 2 fully saturated rings. The topological polar surface area (TPSA) is 158 Å². The summed E-state index contributed by atoms with van der Waals surface area (Å²) in [7, 11) is 0. The minimum Gasteiger partial charge on any atom is -0.379 e. The molecule has 0 bridgehead atoms. The number of ketones is 1. The van der Waals surface area contributed by atoms with Crippen LogP contribution in [0, 0.1) is 11.8 Å². The van der Waals surface area contributed by atoms with Gasteiger partial charge in [-0.2, -0.15) is 0 Å². The van der Waals surface area contributed by atoms with E-state index in [2.05, 4.69) is 21.3 Å². The number of nitrogens with zero attached hydrogens (tertiary/aromatic N) is 1. The summed E-state index contributed by atoms with van der Waals surface area (Å²) >= 11 is 0. The molecule has 0 aliphatic carbocycles. The van der Waals surface area contributed by atoms with Crippen LogP contribution in [0.2, 0.25) is 0 Å². The standard InChI is InChI=1S/C41H59N5O7/c1-28(2)23-33(37(48)41(5)27-53-41)43-40(51)35(25-31-15-10-7-11-16-31)45-39(50)34(24-29(3)4)44-38(49)32(18-12-17-30-13-8-6-9-14-30)42-36(47)26-46-19-21-52-22-20-46/h6-11,13-16,28-29,32-35H,12,17-27H2,1-5H3,(H,42,47)(H,43,51)(H,44,49)(H,45,50)/t32-,33-,34-,35+,41-/m1/s1. The smallest absolute Gasteiger partial charge is 0.243 e. The third-order valence-corrected chi connectivity index (χ3v) is 9.62. The molecule has 0 radical (unpaired) electrons. The van der Waals surface area contributed by atoms with E-state index in [9.17, 15) is 24.0 Å². The summed E-state index contributed by atoms with van der Waals surface area (Å²) < 4.78 is 10.8. The van der Waals surface area contributed by atoms with Crippen LogP contribution in [-0.2, 0) is 46.3 Å². The van der Waals surface area contributed by atoms with E-state index >= 15 is 0 Å². The Labute approximate surface area is 314 Å². The first kappa shape index (κ1) is 41.6. The van der Waals surface area contributed by atoms with Gasteiger partial charge in [0.2, 0.25) is 23.6 Å². The minimum absolute atomic E-state index is 0.0206. The summed E-state index contributed by atoms with van der Waals surface area (Å²) in [6.07, 6.45) is 2.64. The number of rotatable bonds is 21. The van der Waals surface area contributed by atoms with Crippen LogP contribution in [0.4, 0.5) is 0 Å². The van der Waals surface area contributed by atoms with E-state index in [1.165, 1.54) is 0 Å². The van der Waals surface area contributed by atoms with Gasteiger partial charge in [0.05, 0.1) is 32.4 Å². The zero-order chi connectivity index (χ0) is 38.4. The van der Waals surface area contributed by atoms with E-state index < -0.39 is 47.5 Å². The highest BCUT2D eigenvalue weighted by Crippen LogP contribution is 2.29. The summed E-state index contributed by atoms with van der Waals surface area (Å²) in [6.45, 7) is 12.4. The minimum atomic E-state index is -1.03. The Balaban J connectivity index is 1.50. The zero-order valence-electron chi connectivity index (χ0n) is 32.0. The number of hydrogen-bond donors (Lipinski definition) is 4. The normalized spacial score (nSPS) is 19.5. The summed E-state index contributed by atoms with van der Waals surface area (Å²) in [5.74, 6) is -1.79. The molecule has 0 saturated carbocycles. The number of aryl methyl sites for hydroxylation is 1. The Morgan fingerprint density at radius 2 is 1.21 bits per heavy atom. The molecule has 5 atom stereocenters. The molecule has 4 rings (SSSR count). The van der Waals surface area contributed by atoms with Gasteiger partial charge in [-0.05, 0) is 62.0 Å². The number of carbonyl (C=O) groups excluding carboxylic acids is 5. The highest BCUT2D eigenvalue weighted by molar-refractivity contribution is 5.98. The third-order valence-electron chi connectivity index (χ3n) is 9.62. The first-order valence-corrected chi connectivity index (χ1v) is 19.1. The van der Waals surface area contributed by atoms with Crippen molar-refractivity contribution in [3.8, 4) is 0 Å². The average Bonchev–Trinajstić information content (AvgIpc) is 3.88. The van der Waals surface area contributed by atoms with Gasteiger partial charge in [0.25, 0.3) is 0 Å². The summed E-state index contributed by atoms with van der Waals surface area (Å²) in [6, 6.07) is 15.6. The van der Waals surface area contributed by atoms with E-state index in [4.69, 9.17) is 9.47 Å². The largest absolute Gasteiger partial charge is 0.379 e. The van der Waals surface area contributed by atoms with Crippen LogP contribution in [0.15, 0.2) is 60.7 Å². The van der Waals surface area contributed by atoms with Crippen LogP contribution in [0.5, 0.6) is 0 Å². The molecule has 0 aromatic heterocycles. The molecule has 290 valence electrons. The quantitative estimate of drug-likeness (QED) is 0.143. The molecular formula is C41H59N5O7. The number of carbonyl (C=O) groups is 5. The van der Waals surface area contributed by atoms with E-state index in [1.807, 2.05) is 93.3 Å². The second kappa shape index (κ2) is 20.4. The van der Waals surface area contributed by atoms with Crippen molar-refractivity contribution in [2.75, 3.05) is 39.5 Å². The Morgan fingerprint density at radius 3 is 1.79 bits per heavy atom. The van der Waals surface area contributed by atoms with Gasteiger partial charge in [0, 0.05) is 19.5 Å². The molecule has 4 amide bonds. The fourth-order valence-corrected chi connectivity index (χ4v) is 6.53. The number of nitrogens with one attached hydrogen (secondary N) is 4. The monoisotopic (exact) mass is 733 g/mol. The molecule has 4 N–H and O–H groups in total. The van der Waals surface area contributed by atoms with Gasteiger partial charge >= 0.3 is 0 Å². The number of Topliss-reactive ketones (excluding diaryl/α,β-unsaturated/α-hetero) is 1. The highest BCUT2D eigenvalue weighted by atomic mass is 16.6. The maximum atomic E-state index is 14.1. The molecule has 2 aliphatic rings. The number of hydrogen-bond acceptors (Lipinski definition) is 8. The van der Waals surface area contributed by atoms with Crippen LogP contribution in [0.3, 0.4) is 0 Å². The van der Waals surface area contributed by atoms with E-state index in [0.717, 1.165) is 17.5 Å². The van der Waals surface area contributed by atoms with Gasteiger partial charge in [-0.3, -0.25) is 28.9 Å². The lowest BCUT2D eigenvalue weighted by Crippen LogP contribution is -2.59. The zero-order valence-corrected chi connectivity index (χ0v) is 32.0. The van der Waals surface area contributed by atoms with Gasteiger partial charge in [-0.25, -0.2) is 0 Å². The number of epoxide rings is 1. The predicted molar refractivity (Wildman–Crippen MR) is 203 cm³/mol. The van der Waals surface area contributed by atoms with Crippen molar-refractivity contribution in [3.63, 3.8) is 0 Å². The highest BCUT2D eigenvalue weighted by Gasteiger charge is 2.50. The van der Waals surface area contributed by atoms with Crippen molar-refractivity contribution >= 4 is 29.4 Å². The Kier molecular flexibility index (Phi) is 16.0. The molecular weight excluding hydrogens is 674 g/mol. The summed E-state index contributed by atoms with van der Waals surface area (Å²) in [4.78, 5) is 70.6. The summed E-state index contributed by atoms with van der Waals surface area (Å²) in [5.41, 5.74) is 1.03. The van der Waals surface area contributed by atoms with Crippen LogP contribution >= 0.6 is 0 Å². The number of benzene rings is 2. The maximum Gasteiger partial charge on any atom is 0.243 e. The lowest BCUT2D eigenvalue weighted by atomic mass is 9.93. The molecule has 0 unspecified atom stereocenters. The van der Waals surface area contributed by atoms with Gasteiger partial charge in [-0.15, -0.1) is 0 Å². The Morgan fingerprint density at radius 1 is 0.698 bits per heavy atom. The van der Waals surface area contributed by atoms with Crippen molar-refractivity contribution in [1.82, 2.24) is 26.2 Å². The first-order valence-electron chi connectivity index (χ1n) is 19.1. The van der Waals surface area contributed by atoms with Gasteiger partial charge in [0.1, 0.15) is 23.7 Å². The molecule has 2 heterocycles. The number of ether oxygens (including phenoxy) is 2. The van der Waals surface area contributed by atoms with Crippen LogP contribution < -0.4 is 21.3 Å². The lowest BCUT2D eigenvalue weighted by molar-refractivity contribution is -0.135. The van der Waals surface area contributed by atoms with Crippen molar-refractivity contribution in [1.29, 1.82) is 0 Å². The van der Waals surface area contributed by atoms with Crippen LogP contribution in [-0.4, -0.2) is 104 Å².